The summed E-state index contributed by atoms with van der Waals surface area (Å²) >= 11 is 1.14. The summed E-state index contributed by atoms with van der Waals surface area (Å²) in [5.41, 5.74) is 3.46. The number of nitrogens with one attached hydrogen (secondary N) is 1. The highest BCUT2D eigenvalue weighted by Gasteiger charge is 2.24. The first-order chi connectivity index (χ1) is 14.4. The van der Waals surface area contributed by atoms with E-state index in [9.17, 15) is 13.2 Å². The number of fused-ring (bicyclic) bond motifs is 1. The van der Waals surface area contributed by atoms with Crippen molar-refractivity contribution in [1.29, 1.82) is 0 Å². The quantitative estimate of drug-likeness (QED) is 0.514. The lowest BCUT2D eigenvalue weighted by Crippen LogP contribution is -2.25. The summed E-state index contributed by atoms with van der Waals surface area (Å²) < 4.78 is 26.9. The number of hydrogen-bond acceptors (Lipinski definition) is 6. The van der Waals surface area contributed by atoms with Crippen LogP contribution in [0.1, 0.15) is 28.8 Å². The lowest BCUT2D eigenvalue weighted by atomic mass is 10.0. The third kappa shape index (κ3) is 3.29. The first kappa shape index (κ1) is 19.0. The fraction of sp³-hybridized carbons (Fsp3) is 0.190. The predicted octanol–water partition coefficient (Wildman–Crippen LogP) is 3.60. The van der Waals surface area contributed by atoms with E-state index < -0.39 is 10.0 Å². The van der Waals surface area contributed by atoms with Crippen LogP contribution >= 0.6 is 11.3 Å². The molecule has 0 spiro atoms. The summed E-state index contributed by atoms with van der Waals surface area (Å²) in [6, 6.07) is 10.9. The van der Waals surface area contributed by atoms with E-state index in [2.05, 4.69) is 15.4 Å². The summed E-state index contributed by atoms with van der Waals surface area (Å²) in [5.74, 6) is -0.0883. The van der Waals surface area contributed by atoms with Gasteiger partial charge in [0.1, 0.15) is 9.73 Å². The van der Waals surface area contributed by atoms with E-state index in [4.69, 9.17) is 0 Å². The Morgan fingerprint density at radius 2 is 2.03 bits per heavy atom. The maximum absolute atomic E-state index is 12.8. The number of hydrogen-bond donors (Lipinski definition) is 1. The van der Waals surface area contributed by atoms with Crippen molar-refractivity contribution in [1.82, 2.24) is 19.5 Å². The number of aryl methyl sites for hydroxylation is 1. The molecule has 3 aromatic heterocycles. The van der Waals surface area contributed by atoms with E-state index in [1.807, 2.05) is 19.1 Å². The van der Waals surface area contributed by atoms with Crippen LogP contribution in [0.4, 0.5) is 0 Å². The van der Waals surface area contributed by atoms with Gasteiger partial charge in [-0.2, -0.15) is 17.6 Å². The highest BCUT2D eigenvalue weighted by molar-refractivity contribution is 7.92. The molecule has 1 aliphatic carbocycles. The maximum atomic E-state index is 12.8. The van der Waals surface area contributed by atoms with Crippen LogP contribution in [0.15, 0.2) is 58.4 Å². The van der Waals surface area contributed by atoms with Crippen LogP contribution in [0.3, 0.4) is 0 Å². The number of carbonyl (C=O) groups is 1. The molecule has 9 heteroatoms. The standard InChI is InChI=1S/C21H18N4O3S2/c1-13-4-5-14(21(26)24-16-6-7-16)9-17(13)18-10-15-11-23-25(19(15)12-22-18)30(27,28)20-3-2-8-29-20/h2-5,8-12,16H,6-7H2,1H3,(H,24,26). The van der Waals surface area contributed by atoms with Gasteiger partial charge in [-0.25, -0.2) is 0 Å². The number of rotatable bonds is 5. The Bertz CT molecular complexity index is 1370. The van der Waals surface area contributed by atoms with Crippen molar-refractivity contribution in [3.05, 3.63) is 65.3 Å². The lowest BCUT2D eigenvalue weighted by molar-refractivity contribution is 0.0951. The fourth-order valence-electron chi connectivity index (χ4n) is 3.27. The van der Waals surface area contributed by atoms with Gasteiger partial charge < -0.3 is 5.32 Å². The molecule has 0 bridgehead atoms. The molecule has 30 heavy (non-hydrogen) atoms. The average Bonchev–Trinajstić information content (AvgIpc) is 3.21. The number of nitrogens with zero attached hydrogens (tertiary/aromatic N) is 3. The van der Waals surface area contributed by atoms with Gasteiger partial charge in [-0.3, -0.25) is 9.78 Å². The van der Waals surface area contributed by atoms with Gasteiger partial charge in [0.2, 0.25) is 0 Å². The van der Waals surface area contributed by atoms with Gasteiger partial charge in [0, 0.05) is 22.6 Å². The second kappa shape index (κ2) is 7.03. The van der Waals surface area contributed by atoms with Crippen molar-refractivity contribution in [2.75, 3.05) is 0 Å². The normalized spacial score (nSPS) is 14.2. The molecule has 1 saturated carbocycles. The smallest absolute Gasteiger partial charge is 0.293 e. The van der Waals surface area contributed by atoms with Gasteiger partial charge in [0.05, 0.1) is 18.1 Å². The van der Waals surface area contributed by atoms with Crippen molar-refractivity contribution in [3.63, 3.8) is 0 Å². The third-order valence-corrected chi connectivity index (χ3v) is 8.06. The molecule has 0 radical (unpaired) electrons. The second-order valence-corrected chi connectivity index (χ2v) is 10.3. The van der Waals surface area contributed by atoms with Gasteiger partial charge in [-0.05, 0) is 55.0 Å². The largest absolute Gasteiger partial charge is 0.349 e. The minimum absolute atomic E-state index is 0.0883. The molecule has 3 heterocycles. The molecule has 4 aromatic rings. The van der Waals surface area contributed by atoms with Crippen molar-refractivity contribution < 1.29 is 13.2 Å². The van der Waals surface area contributed by atoms with Gasteiger partial charge in [0.15, 0.2) is 0 Å². The van der Waals surface area contributed by atoms with Gasteiger partial charge in [0.25, 0.3) is 15.9 Å². The van der Waals surface area contributed by atoms with Crippen molar-refractivity contribution in [2.45, 2.75) is 30.0 Å². The van der Waals surface area contributed by atoms with Crippen molar-refractivity contribution in [2.24, 2.45) is 0 Å². The summed E-state index contributed by atoms with van der Waals surface area (Å²) in [7, 11) is -3.76. The molecule has 1 fully saturated rings. The number of carbonyl (C=O) groups excluding carboxylic acids is 1. The molecule has 1 aromatic carbocycles. The number of aromatic nitrogens is 3. The minimum atomic E-state index is -3.76. The van der Waals surface area contributed by atoms with E-state index >= 15 is 0 Å². The van der Waals surface area contributed by atoms with Crippen LogP contribution < -0.4 is 5.32 Å². The van der Waals surface area contributed by atoms with Crippen LogP contribution in [0, 0.1) is 6.92 Å². The molecule has 1 amide bonds. The second-order valence-electron chi connectivity index (χ2n) is 7.33. The zero-order valence-electron chi connectivity index (χ0n) is 16.1. The van der Waals surface area contributed by atoms with Crippen LogP contribution in [0.2, 0.25) is 0 Å². The molecular weight excluding hydrogens is 420 g/mol. The zero-order valence-corrected chi connectivity index (χ0v) is 17.7. The van der Waals surface area contributed by atoms with Gasteiger partial charge in [-0.15, -0.1) is 11.3 Å². The average molecular weight is 439 g/mol. The molecule has 1 N–H and O–H groups in total. The minimum Gasteiger partial charge on any atom is -0.349 e. The third-order valence-electron chi connectivity index (χ3n) is 5.09. The molecule has 152 valence electrons. The summed E-state index contributed by atoms with van der Waals surface area (Å²) in [6.45, 7) is 1.95. The molecule has 0 aliphatic heterocycles. The Hall–Kier alpha value is -3.04. The van der Waals surface area contributed by atoms with E-state index in [0.717, 1.165) is 39.4 Å². The summed E-state index contributed by atoms with van der Waals surface area (Å²) in [6.07, 6.45) is 5.09. The number of benzene rings is 1. The first-order valence-corrected chi connectivity index (χ1v) is 11.8. The number of amides is 1. The Labute approximate surface area is 177 Å². The molecule has 7 nitrogen and oxygen atoms in total. The maximum Gasteiger partial charge on any atom is 0.293 e. The Balaban J connectivity index is 1.54. The number of pyridine rings is 1. The van der Waals surface area contributed by atoms with Crippen LogP contribution in [-0.2, 0) is 10.0 Å². The SMILES string of the molecule is Cc1ccc(C(=O)NC2CC2)cc1-c1cc2cnn(S(=O)(=O)c3cccs3)c2cn1. The summed E-state index contributed by atoms with van der Waals surface area (Å²) in [5, 5.41) is 9.46. The van der Waals surface area contributed by atoms with Crippen LogP contribution in [0.25, 0.3) is 22.2 Å². The molecule has 0 atom stereocenters. The monoisotopic (exact) mass is 438 g/mol. The molecule has 0 unspecified atom stereocenters. The molecule has 1 aliphatic rings. The van der Waals surface area contributed by atoms with Gasteiger partial charge in [-0.1, -0.05) is 12.1 Å². The van der Waals surface area contributed by atoms with Crippen molar-refractivity contribution >= 4 is 38.2 Å². The Morgan fingerprint density at radius 1 is 1.20 bits per heavy atom. The highest BCUT2D eigenvalue weighted by atomic mass is 32.2. The topological polar surface area (TPSA) is 94.0 Å². The van der Waals surface area contributed by atoms with E-state index in [-0.39, 0.29) is 16.2 Å². The summed E-state index contributed by atoms with van der Waals surface area (Å²) in [4.78, 5) is 16.9. The predicted molar refractivity (Wildman–Crippen MR) is 115 cm³/mol. The zero-order chi connectivity index (χ0) is 20.9. The first-order valence-electron chi connectivity index (χ1n) is 9.48. The Kier molecular flexibility index (Phi) is 4.44. The molecule has 5 rings (SSSR count). The number of thiophene rings is 1. The van der Waals surface area contributed by atoms with Gasteiger partial charge >= 0.3 is 0 Å². The Morgan fingerprint density at radius 3 is 2.77 bits per heavy atom. The molecule has 0 saturated heterocycles. The fourth-order valence-corrected chi connectivity index (χ4v) is 5.59. The van der Waals surface area contributed by atoms with E-state index in [1.165, 1.54) is 12.4 Å². The van der Waals surface area contributed by atoms with E-state index in [1.54, 1.807) is 29.6 Å². The molecular formula is C21H18N4O3S2. The lowest BCUT2D eigenvalue weighted by Gasteiger charge is -2.09. The van der Waals surface area contributed by atoms with E-state index in [0.29, 0.717) is 22.2 Å². The van der Waals surface area contributed by atoms with Crippen LogP contribution in [0.5, 0.6) is 0 Å². The van der Waals surface area contributed by atoms with Crippen LogP contribution in [-0.4, -0.2) is 34.5 Å². The van der Waals surface area contributed by atoms with Crippen molar-refractivity contribution in [3.8, 4) is 11.3 Å². The highest BCUT2D eigenvalue weighted by Crippen LogP contribution is 2.28.